The van der Waals surface area contributed by atoms with Crippen LogP contribution in [0.3, 0.4) is 0 Å². The van der Waals surface area contributed by atoms with E-state index in [0.717, 1.165) is 15.6 Å². The zero-order valence-electron chi connectivity index (χ0n) is 20.0. The molecule has 5 rings (SSSR count). The van der Waals surface area contributed by atoms with E-state index in [4.69, 9.17) is 14.2 Å². The van der Waals surface area contributed by atoms with E-state index >= 15 is 0 Å². The molecule has 0 aliphatic carbocycles. The number of nitrogens with one attached hydrogen (secondary N) is 2. The molecule has 2 saturated heterocycles. The van der Waals surface area contributed by atoms with Crippen LogP contribution in [0, 0.1) is 0 Å². The minimum absolute atomic E-state index is 0.134. The fourth-order valence-electron chi connectivity index (χ4n) is 4.42. The van der Waals surface area contributed by atoms with Crippen molar-refractivity contribution in [2.24, 2.45) is 0 Å². The van der Waals surface area contributed by atoms with Crippen LogP contribution in [0.1, 0.15) is 21.5 Å². The number of halogens is 1. The van der Waals surface area contributed by atoms with Crippen molar-refractivity contribution in [1.82, 2.24) is 10.6 Å². The summed E-state index contributed by atoms with van der Waals surface area (Å²) in [4.78, 5) is 26.2. The summed E-state index contributed by atoms with van der Waals surface area (Å²) < 4.78 is 18.9. The van der Waals surface area contributed by atoms with Gasteiger partial charge >= 0.3 is 0 Å². The van der Waals surface area contributed by atoms with Crippen molar-refractivity contribution in [3.05, 3.63) is 112 Å². The topological polar surface area (TPSA) is 85.9 Å². The predicted octanol–water partition coefficient (Wildman–Crippen LogP) is 4.09. The summed E-state index contributed by atoms with van der Waals surface area (Å²) in [5.41, 5.74) is 2.44. The van der Waals surface area contributed by atoms with E-state index in [-0.39, 0.29) is 36.0 Å². The molecule has 2 aliphatic rings. The average molecular weight is 563 g/mol. The van der Waals surface area contributed by atoms with Gasteiger partial charge in [0, 0.05) is 10.0 Å². The van der Waals surface area contributed by atoms with Gasteiger partial charge in [-0.3, -0.25) is 9.59 Å². The van der Waals surface area contributed by atoms with Gasteiger partial charge in [0.25, 0.3) is 11.8 Å². The number of rotatable bonds is 8. The molecule has 37 heavy (non-hydrogen) atoms. The van der Waals surface area contributed by atoms with Crippen LogP contribution in [0.15, 0.2) is 95.1 Å². The van der Waals surface area contributed by atoms with Gasteiger partial charge in [0.2, 0.25) is 0 Å². The van der Waals surface area contributed by atoms with Crippen molar-refractivity contribution >= 4 is 33.8 Å². The third-order valence-corrected chi connectivity index (χ3v) is 6.87. The van der Waals surface area contributed by atoms with Crippen LogP contribution in [0.4, 0.5) is 0 Å². The van der Waals surface area contributed by atoms with Gasteiger partial charge in [0.15, 0.2) is 0 Å². The van der Waals surface area contributed by atoms with Crippen LogP contribution in [0.25, 0.3) is 6.08 Å². The van der Waals surface area contributed by atoms with Crippen LogP contribution >= 0.6 is 15.9 Å². The maximum Gasteiger partial charge on any atom is 0.268 e. The lowest BCUT2D eigenvalue weighted by Crippen LogP contribution is -2.46. The minimum atomic E-state index is -0.418. The lowest BCUT2D eigenvalue weighted by atomic mass is 10.1. The molecule has 0 radical (unpaired) electrons. The summed E-state index contributed by atoms with van der Waals surface area (Å²) in [6, 6.07) is 25.8. The lowest BCUT2D eigenvalue weighted by Gasteiger charge is -2.19. The van der Waals surface area contributed by atoms with Crippen LogP contribution in [-0.2, 0) is 25.6 Å². The van der Waals surface area contributed by atoms with E-state index < -0.39 is 5.91 Å². The van der Waals surface area contributed by atoms with Crippen molar-refractivity contribution in [3.8, 4) is 0 Å². The van der Waals surface area contributed by atoms with Gasteiger partial charge in [-0.05, 0) is 41.5 Å². The fraction of sp³-hybridized carbons (Fsp3) is 0.241. The molecule has 0 aromatic heterocycles. The highest BCUT2D eigenvalue weighted by molar-refractivity contribution is 9.10. The second-order valence-corrected chi connectivity index (χ2v) is 9.86. The number of hydrogen-bond acceptors (Lipinski definition) is 5. The van der Waals surface area contributed by atoms with E-state index in [2.05, 4.69) is 26.6 Å². The first-order valence-electron chi connectivity index (χ1n) is 12.1. The van der Waals surface area contributed by atoms with Crippen molar-refractivity contribution in [2.45, 2.75) is 31.0 Å². The van der Waals surface area contributed by atoms with E-state index in [1.165, 1.54) is 0 Å². The standard InChI is InChI=1S/C29H27BrN2O5/c30-22-13-11-19(12-14-22)15-23(31-28(33)21-9-5-2-6-10-21)29(34)32-24-17-36-27-25(18-37-26(24)27)35-16-20-7-3-1-4-8-20/h1-15,24-27H,16-18H2,(H,31,33)(H,32,34)/b23-15-/t24-,25+,26+,27+/m0/s1. The zero-order chi connectivity index (χ0) is 25.6. The molecule has 0 saturated carbocycles. The molecule has 2 amide bonds. The number of amides is 2. The third-order valence-electron chi connectivity index (χ3n) is 6.34. The Morgan fingerprint density at radius 3 is 2.30 bits per heavy atom. The molecule has 4 atom stereocenters. The van der Waals surface area contributed by atoms with Gasteiger partial charge in [-0.15, -0.1) is 0 Å². The van der Waals surface area contributed by atoms with Crippen LogP contribution in [0.2, 0.25) is 0 Å². The Kier molecular flexibility index (Phi) is 8.11. The Balaban J connectivity index is 1.26. The Bertz CT molecular complexity index is 1250. The van der Waals surface area contributed by atoms with Crippen LogP contribution < -0.4 is 10.6 Å². The van der Waals surface area contributed by atoms with Crippen molar-refractivity contribution < 1.29 is 23.8 Å². The summed E-state index contributed by atoms with van der Waals surface area (Å²) in [6.07, 6.45) is 0.829. The van der Waals surface area contributed by atoms with Gasteiger partial charge in [0.05, 0.1) is 25.9 Å². The van der Waals surface area contributed by atoms with Crippen molar-refractivity contribution in [1.29, 1.82) is 0 Å². The van der Waals surface area contributed by atoms with E-state index in [1.54, 1.807) is 30.3 Å². The molecule has 2 N–H and O–H groups in total. The quantitative estimate of drug-likeness (QED) is 0.404. The lowest BCUT2D eigenvalue weighted by molar-refractivity contribution is -0.119. The minimum Gasteiger partial charge on any atom is -0.370 e. The first-order chi connectivity index (χ1) is 18.1. The molecule has 3 aromatic carbocycles. The molecule has 0 spiro atoms. The highest BCUT2D eigenvalue weighted by atomic mass is 79.9. The van der Waals surface area contributed by atoms with Gasteiger partial charge in [0.1, 0.15) is 24.0 Å². The maximum absolute atomic E-state index is 13.4. The first kappa shape index (κ1) is 25.4. The second-order valence-electron chi connectivity index (χ2n) is 8.94. The molecule has 7 nitrogen and oxygen atoms in total. The average Bonchev–Trinajstić information content (AvgIpc) is 3.52. The Labute approximate surface area is 223 Å². The Hall–Kier alpha value is -3.30. The molecule has 2 fully saturated rings. The SMILES string of the molecule is O=C(N[C@H]1CO[C@H]2[C@@H]1OC[C@H]2OCc1ccccc1)/C(=C/c1ccc(Br)cc1)NC(=O)c1ccccc1. The molecule has 2 aliphatic heterocycles. The van der Waals surface area contributed by atoms with E-state index in [1.807, 2.05) is 60.7 Å². The number of carbonyl (C=O) groups excluding carboxylic acids is 2. The summed E-state index contributed by atoms with van der Waals surface area (Å²) in [7, 11) is 0. The highest BCUT2D eigenvalue weighted by Gasteiger charge is 2.49. The normalized spacial score (nSPS) is 22.9. The van der Waals surface area contributed by atoms with Gasteiger partial charge in [-0.25, -0.2) is 0 Å². The number of benzene rings is 3. The second kappa shape index (κ2) is 11.8. The van der Waals surface area contributed by atoms with Crippen LogP contribution in [-0.4, -0.2) is 49.4 Å². The van der Waals surface area contributed by atoms with Crippen molar-refractivity contribution in [2.75, 3.05) is 13.2 Å². The molecule has 8 heteroatoms. The van der Waals surface area contributed by atoms with Crippen molar-refractivity contribution in [3.63, 3.8) is 0 Å². The Morgan fingerprint density at radius 2 is 1.57 bits per heavy atom. The molecule has 3 aromatic rings. The molecule has 190 valence electrons. The largest absolute Gasteiger partial charge is 0.370 e. The van der Waals surface area contributed by atoms with Gasteiger partial charge in [-0.1, -0.05) is 76.6 Å². The monoisotopic (exact) mass is 562 g/mol. The fourth-order valence-corrected chi connectivity index (χ4v) is 4.69. The summed E-state index contributed by atoms with van der Waals surface area (Å²) in [5.74, 6) is -0.787. The van der Waals surface area contributed by atoms with Crippen LogP contribution in [0.5, 0.6) is 0 Å². The number of hydrogen-bond donors (Lipinski definition) is 2. The molecule has 0 unspecified atom stereocenters. The summed E-state index contributed by atoms with van der Waals surface area (Å²) >= 11 is 3.42. The van der Waals surface area contributed by atoms with Gasteiger partial charge < -0.3 is 24.8 Å². The number of ether oxygens (including phenoxy) is 3. The summed E-state index contributed by atoms with van der Waals surface area (Å²) in [6.45, 7) is 1.15. The molecule has 0 bridgehead atoms. The molecular formula is C29H27BrN2O5. The van der Waals surface area contributed by atoms with Gasteiger partial charge in [-0.2, -0.15) is 0 Å². The third kappa shape index (κ3) is 6.34. The first-order valence-corrected chi connectivity index (χ1v) is 12.9. The zero-order valence-corrected chi connectivity index (χ0v) is 21.6. The highest BCUT2D eigenvalue weighted by Crippen LogP contribution is 2.29. The smallest absolute Gasteiger partial charge is 0.268 e. The molecular weight excluding hydrogens is 536 g/mol. The summed E-state index contributed by atoms with van der Waals surface area (Å²) in [5, 5.41) is 5.77. The number of carbonyl (C=O) groups is 2. The van der Waals surface area contributed by atoms with E-state index in [0.29, 0.717) is 25.4 Å². The maximum atomic E-state index is 13.4. The predicted molar refractivity (Wildman–Crippen MR) is 142 cm³/mol. The Morgan fingerprint density at radius 1 is 0.892 bits per heavy atom. The van der Waals surface area contributed by atoms with E-state index in [9.17, 15) is 9.59 Å². The number of fused-ring (bicyclic) bond motifs is 1. The molecule has 2 heterocycles.